The quantitative estimate of drug-likeness (QED) is 0.743. The average Bonchev–Trinajstić information content (AvgIpc) is 1.99. The van der Waals surface area contributed by atoms with Gasteiger partial charge in [0, 0.05) is 4.75 Å². The maximum Gasteiger partial charge on any atom is 0.325 e. The number of amides is 1. The molecule has 2 N–H and O–H groups in total. The third-order valence-corrected chi connectivity index (χ3v) is 2.66. The monoisotopic (exact) mass is 219 g/mol. The summed E-state index contributed by atoms with van der Waals surface area (Å²) in [4.78, 5) is 21.6. The van der Waals surface area contributed by atoms with Crippen molar-refractivity contribution in [3.8, 4) is 0 Å². The van der Waals surface area contributed by atoms with Crippen molar-refractivity contribution in [1.29, 1.82) is 0 Å². The second-order valence-electron chi connectivity index (χ2n) is 4.03. The highest BCUT2D eigenvalue weighted by Gasteiger charge is 2.17. The molecule has 14 heavy (non-hydrogen) atoms. The summed E-state index contributed by atoms with van der Waals surface area (Å²) in [5.41, 5.74) is 0. The van der Waals surface area contributed by atoms with E-state index in [4.69, 9.17) is 5.11 Å². The van der Waals surface area contributed by atoms with Gasteiger partial charge in [0.05, 0.1) is 5.75 Å². The summed E-state index contributed by atoms with van der Waals surface area (Å²) in [6.07, 6.45) is 0. The van der Waals surface area contributed by atoms with E-state index < -0.39 is 12.0 Å². The molecule has 0 bridgehead atoms. The van der Waals surface area contributed by atoms with Crippen LogP contribution in [0.15, 0.2) is 0 Å². The molecule has 82 valence electrons. The molecule has 0 aliphatic carbocycles. The highest BCUT2D eigenvalue weighted by Crippen LogP contribution is 2.22. The lowest BCUT2D eigenvalue weighted by Gasteiger charge is -2.17. The van der Waals surface area contributed by atoms with E-state index in [2.05, 4.69) is 5.32 Å². The van der Waals surface area contributed by atoms with E-state index in [0.29, 0.717) is 5.75 Å². The lowest BCUT2D eigenvalue weighted by molar-refractivity contribution is -0.140. The van der Waals surface area contributed by atoms with E-state index in [0.717, 1.165) is 0 Å². The number of hydrogen-bond acceptors (Lipinski definition) is 3. The zero-order chi connectivity index (χ0) is 11.4. The van der Waals surface area contributed by atoms with Gasteiger partial charge in [-0.1, -0.05) is 20.8 Å². The maximum absolute atomic E-state index is 11.2. The van der Waals surface area contributed by atoms with Gasteiger partial charge in [-0.2, -0.15) is 0 Å². The van der Waals surface area contributed by atoms with Crippen LogP contribution in [0.5, 0.6) is 0 Å². The van der Waals surface area contributed by atoms with Crippen molar-refractivity contribution in [1.82, 2.24) is 5.32 Å². The molecule has 0 heterocycles. The Morgan fingerprint density at radius 1 is 1.43 bits per heavy atom. The number of nitrogens with one attached hydrogen (secondary N) is 1. The molecule has 4 nitrogen and oxygen atoms in total. The van der Waals surface area contributed by atoms with E-state index in [9.17, 15) is 9.59 Å². The second-order valence-corrected chi connectivity index (χ2v) is 5.83. The van der Waals surface area contributed by atoms with Crippen LogP contribution < -0.4 is 5.32 Å². The topological polar surface area (TPSA) is 66.4 Å². The van der Waals surface area contributed by atoms with Crippen LogP contribution in [0.25, 0.3) is 0 Å². The Balaban J connectivity index is 3.83. The van der Waals surface area contributed by atoms with Crippen LogP contribution in [0, 0.1) is 0 Å². The van der Waals surface area contributed by atoms with Crippen LogP contribution in [-0.4, -0.2) is 33.5 Å². The Labute approximate surface area is 88.4 Å². The lowest BCUT2D eigenvalue weighted by atomic mass is 10.3. The highest BCUT2D eigenvalue weighted by atomic mass is 32.2. The van der Waals surface area contributed by atoms with Gasteiger partial charge in [-0.05, 0) is 6.92 Å². The molecule has 0 saturated carbocycles. The summed E-state index contributed by atoms with van der Waals surface area (Å²) in [5, 5.41) is 10.9. The first kappa shape index (κ1) is 13.3. The fourth-order valence-corrected chi connectivity index (χ4v) is 1.27. The van der Waals surface area contributed by atoms with Gasteiger partial charge in [-0.3, -0.25) is 9.59 Å². The van der Waals surface area contributed by atoms with Gasteiger partial charge < -0.3 is 10.4 Å². The first-order valence-electron chi connectivity index (χ1n) is 4.38. The summed E-state index contributed by atoms with van der Waals surface area (Å²) in [6, 6.07) is -0.817. The predicted molar refractivity (Wildman–Crippen MR) is 57.5 cm³/mol. The minimum Gasteiger partial charge on any atom is -0.480 e. The van der Waals surface area contributed by atoms with Gasteiger partial charge in [-0.25, -0.2) is 0 Å². The number of carboxylic acids is 1. The molecule has 0 aliphatic heterocycles. The molecule has 0 saturated heterocycles. The molecule has 1 atom stereocenters. The summed E-state index contributed by atoms with van der Waals surface area (Å²) in [5.74, 6) is -0.958. The van der Waals surface area contributed by atoms with Crippen molar-refractivity contribution in [2.45, 2.75) is 38.5 Å². The molecular formula is C9H17NO3S. The number of thioether (sulfide) groups is 1. The van der Waals surface area contributed by atoms with Crippen molar-refractivity contribution >= 4 is 23.6 Å². The first-order valence-corrected chi connectivity index (χ1v) is 5.37. The van der Waals surface area contributed by atoms with Crippen LogP contribution in [0.2, 0.25) is 0 Å². The molecule has 0 aromatic rings. The average molecular weight is 219 g/mol. The van der Waals surface area contributed by atoms with E-state index in [1.165, 1.54) is 18.7 Å². The van der Waals surface area contributed by atoms with Gasteiger partial charge in [0.1, 0.15) is 6.04 Å². The van der Waals surface area contributed by atoms with Crippen molar-refractivity contribution in [2.24, 2.45) is 0 Å². The van der Waals surface area contributed by atoms with Crippen LogP contribution >= 0.6 is 11.8 Å². The molecule has 1 amide bonds. The molecule has 0 aromatic heterocycles. The van der Waals surface area contributed by atoms with Gasteiger partial charge >= 0.3 is 5.97 Å². The Kier molecular flexibility index (Phi) is 4.97. The number of carbonyl (C=O) groups is 2. The molecule has 0 radical (unpaired) electrons. The second kappa shape index (κ2) is 5.24. The molecule has 0 rings (SSSR count). The number of hydrogen-bond donors (Lipinski definition) is 2. The number of rotatable bonds is 4. The maximum atomic E-state index is 11.2. The Morgan fingerprint density at radius 2 is 1.93 bits per heavy atom. The molecule has 1 unspecified atom stereocenters. The zero-order valence-corrected chi connectivity index (χ0v) is 9.77. The van der Waals surface area contributed by atoms with Crippen molar-refractivity contribution in [3.05, 3.63) is 0 Å². The number of aliphatic carboxylic acids is 1. The minimum atomic E-state index is -1.01. The van der Waals surface area contributed by atoms with Gasteiger partial charge in [0.25, 0.3) is 0 Å². The van der Waals surface area contributed by atoms with E-state index in [1.807, 2.05) is 20.8 Å². The molecule has 0 fully saturated rings. The molecule has 0 aliphatic rings. The smallest absolute Gasteiger partial charge is 0.325 e. The fraction of sp³-hybridized carbons (Fsp3) is 0.778. The first-order chi connectivity index (χ1) is 6.22. The normalized spacial score (nSPS) is 13.4. The summed E-state index contributed by atoms with van der Waals surface area (Å²) in [7, 11) is 0. The van der Waals surface area contributed by atoms with Crippen molar-refractivity contribution < 1.29 is 14.7 Å². The van der Waals surface area contributed by atoms with Crippen LogP contribution in [0.4, 0.5) is 0 Å². The number of carbonyl (C=O) groups excluding carboxylic acids is 1. The number of carboxylic acid groups (broad SMARTS) is 1. The Morgan fingerprint density at radius 3 is 2.29 bits per heavy atom. The predicted octanol–water partition coefficient (Wildman–Crippen LogP) is 1.11. The standard InChI is InChI=1S/C9H17NO3S/c1-6(8(12)13)10-7(11)5-14-9(2,3)4/h6H,5H2,1-4H3,(H,10,11)(H,12,13). The van der Waals surface area contributed by atoms with Gasteiger partial charge in [0.15, 0.2) is 0 Å². The Bertz CT molecular complexity index is 223. The van der Waals surface area contributed by atoms with Crippen LogP contribution in [0.3, 0.4) is 0 Å². The molecular weight excluding hydrogens is 202 g/mol. The molecule has 5 heteroatoms. The van der Waals surface area contributed by atoms with E-state index >= 15 is 0 Å². The molecule has 0 spiro atoms. The summed E-state index contributed by atoms with van der Waals surface area (Å²) >= 11 is 1.49. The van der Waals surface area contributed by atoms with Crippen molar-refractivity contribution in [2.75, 3.05) is 5.75 Å². The Hall–Kier alpha value is -0.710. The highest BCUT2D eigenvalue weighted by molar-refractivity contribution is 8.01. The van der Waals surface area contributed by atoms with Crippen molar-refractivity contribution in [3.63, 3.8) is 0 Å². The summed E-state index contributed by atoms with van der Waals surface area (Å²) in [6.45, 7) is 7.46. The van der Waals surface area contributed by atoms with E-state index in [1.54, 1.807) is 0 Å². The summed E-state index contributed by atoms with van der Waals surface area (Å²) < 4.78 is 0.0177. The molecule has 0 aromatic carbocycles. The van der Waals surface area contributed by atoms with E-state index in [-0.39, 0.29) is 10.7 Å². The lowest BCUT2D eigenvalue weighted by Crippen LogP contribution is -2.39. The SMILES string of the molecule is CC(NC(=O)CSC(C)(C)C)C(=O)O. The largest absolute Gasteiger partial charge is 0.480 e. The zero-order valence-electron chi connectivity index (χ0n) is 8.96. The third kappa shape index (κ3) is 6.77. The fourth-order valence-electron chi connectivity index (χ4n) is 0.627. The minimum absolute atomic E-state index is 0.0177. The van der Waals surface area contributed by atoms with Crippen LogP contribution in [-0.2, 0) is 9.59 Å². The van der Waals surface area contributed by atoms with Gasteiger partial charge in [0.2, 0.25) is 5.91 Å². The van der Waals surface area contributed by atoms with Gasteiger partial charge in [-0.15, -0.1) is 11.8 Å². The third-order valence-electron chi connectivity index (χ3n) is 1.38. The van der Waals surface area contributed by atoms with Crippen LogP contribution in [0.1, 0.15) is 27.7 Å².